The molecule has 3 rings (SSSR count). The summed E-state index contributed by atoms with van der Waals surface area (Å²) in [7, 11) is 3.07. The fraction of sp³-hybridized carbons (Fsp3) is 0.133. The Kier molecular flexibility index (Phi) is 4.26. The van der Waals surface area contributed by atoms with Gasteiger partial charge in [0.2, 0.25) is 5.16 Å². The van der Waals surface area contributed by atoms with Gasteiger partial charge in [-0.2, -0.15) is 0 Å². The maximum absolute atomic E-state index is 13.7. The highest BCUT2D eigenvalue weighted by molar-refractivity contribution is 7.94. The van der Waals surface area contributed by atoms with Crippen molar-refractivity contribution in [2.45, 2.75) is 5.16 Å². The van der Waals surface area contributed by atoms with E-state index in [1.165, 1.54) is 29.9 Å². The fourth-order valence-electron chi connectivity index (χ4n) is 2.04. The summed E-state index contributed by atoms with van der Waals surface area (Å²) in [5.74, 6) is -0.560. The highest BCUT2D eigenvalue weighted by atomic mass is 32.2. The van der Waals surface area contributed by atoms with Crippen molar-refractivity contribution in [3.05, 3.63) is 52.7 Å². The molecule has 6 nitrogen and oxygen atoms in total. The summed E-state index contributed by atoms with van der Waals surface area (Å²) in [6.45, 7) is 0. The molecule has 0 bridgehead atoms. The molecule has 8 heteroatoms. The minimum atomic E-state index is -0.544. The van der Waals surface area contributed by atoms with E-state index in [2.05, 4.69) is 9.97 Å². The number of aromatic nitrogens is 3. The van der Waals surface area contributed by atoms with Gasteiger partial charge in [0.1, 0.15) is 5.65 Å². The normalized spacial score (nSPS) is 10.9. The first kappa shape index (κ1) is 15.4. The lowest BCUT2D eigenvalue weighted by Gasteiger charge is -2.10. The summed E-state index contributed by atoms with van der Waals surface area (Å²) in [5.41, 5.74) is 0.0123. The molecule has 0 atom stereocenters. The van der Waals surface area contributed by atoms with Crippen LogP contribution in [-0.4, -0.2) is 21.6 Å². The Morgan fingerprint density at radius 2 is 2.04 bits per heavy atom. The average molecular weight is 333 g/mol. The van der Waals surface area contributed by atoms with Gasteiger partial charge in [-0.3, -0.25) is 9.36 Å². The van der Waals surface area contributed by atoms with E-state index >= 15 is 0 Å². The predicted molar refractivity (Wildman–Crippen MR) is 84.1 cm³/mol. The number of nitrogens with zero attached hydrogens (tertiary/aromatic N) is 3. The van der Waals surface area contributed by atoms with Crippen LogP contribution in [0.15, 0.2) is 46.5 Å². The van der Waals surface area contributed by atoms with Gasteiger partial charge in [-0.25, -0.2) is 14.4 Å². The van der Waals surface area contributed by atoms with Crippen LogP contribution >= 0.6 is 12.0 Å². The zero-order valence-electron chi connectivity index (χ0n) is 12.3. The second-order valence-corrected chi connectivity index (χ2v) is 5.45. The number of pyridine rings is 1. The first-order chi connectivity index (χ1) is 11.1. The Morgan fingerprint density at radius 3 is 2.78 bits per heavy atom. The van der Waals surface area contributed by atoms with E-state index in [0.29, 0.717) is 16.2 Å². The lowest BCUT2D eigenvalue weighted by atomic mass is 10.3. The van der Waals surface area contributed by atoms with Gasteiger partial charge in [-0.1, -0.05) is 12.1 Å². The summed E-state index contributed by atoms with van der Waals surface area (Å²) in [5, 5.41) is 0.983. The second-order valence-electron chi connectivity index (χ2n) is 4.59. The monoisotopic (exact) mass is 333 g/mol. The van der Waals surface area contributed by atoms with Crippen molar-refractivity contribution < 1.29 is 13.3 Å². The van der Waals surface area contributed by atoms with Crippen LogP contribution in [0.3, 0.4) is 0 Å². The molecule has 3 aromatic rings. The largest absolute Gasteiger partial charge is 0.448 e. The third-order valence-electron chi connectivity index (χ3n) is 3.11. The van der Waals surface area contributed by atoms with Gasteiger partial charge >= 0.3 is 0 Å². The predicted octanol–water partition coefficient (Wildman–Crippen LogP) is 2.91. The minimum absolute atomic E-state index is 0.000782. The van der Waals surface area contributed by atoms with Crippen LogP contribution in [0, 0.1) is 5.82 Å². The van der Waals surface area contributed by atoms with Crippen molar-refractivity contribution in [3.63, 3.8) is 0 Å². The van der Waals surface area contributed by atoms with Gasteiger partial charge < -0.3 is 8.92 Å². The van der Waals surface area contributed by atoms with Gasteiger partial charge in [-0.15, -0.1) is 0 Å². The summed E-state index contributed by atoms with van der Waals surface area (Å²) >= 11 is 0.995. The smallest absolute Gasteiger partial charge is 0.294 e. The minimum Gasteiger partial charge on any atom is -0.448 e. The highest BCUT2D eigenvalue weighted by Crippen LogP contribution is 2.24. The Hall–Kier alpha value is -2.45. The molecule has 0 saturated heterocycles. The molecular weight excluding hydrogens is 321 g/mol. The summed E-state index contributed by atoms with van der Waals surface area (Å²) in [4.78, 5) is 20.8. The number of aryl methyl sites for hydroxylation is 1. The van der Waals surface area contributed by atoms with E-state index in [-0.39, 0.29) is 11.5 Å². The summed E-state index contributed by atoms with van der Waals surface area (Å²) in [6, 6.07) is 7.38. The Bertz CT molecular complexity index is 929. The zero-order chi connectivity index (χ0) is 16.4. The van der Waals surface area contributed by atoms with E-state index in [0.717, 1.165) is 12.0 Å². The second kappa shape index (κ2) is 6.35. The van der Waals surface area contributed by atoms with Gasteiger partial charge in [-0.05, 0) is 18.2 Å². The quantitative estimate of drug-likeness (QED) is 0.540. The van der Waals surface area contributed by atoms with Crippen LogP contribution in [0.5, 0.6) is 11.5 Å². The van der Waals surface area contributed by atoms with E-state index < -0.39 is 11.4 Å². The van der Waals surface area contributed by atoms with E-state index in [9.17, 15) is 9.18 Å². The van der Waals surface area contributed by atoms with Crippen LogP contribution in [0.2, 0.25) is 0 Å². The maximum atomic E-state index is 13.7. The number of hydrogen-bond acceptors (Lipinski definition) is 6. The van der Waals surface area contributed by atoms with E-state index in [4.69, 9.17) is 8.92 Å². The molecule has 2 heterocycles. The van der Waals surface area contributed by atoms with Crippen molar-refractivity contribution in [2.24, 2.45) is 7.05 Å². The van der Waals surface area contributed by atoms with Crippen molar-refractivity contribution in [3.8, 4) is 11.5 Å². The lowest BCUT2D eigenvalue weighted by molar-refractivity contribution is 0.434. The van der Waals surface area contributed by atoms with Crippen LogP contribution in [0.25, 0.3) is 11.0 Å². The molecule has 0 unspecified atom stereocenters. The van der Waals surface area contributed by atoms with Crippen LogP contribution in [0.1, 0.15) is 0 Å². The van der Waals surface area contributed by atoms with Gasteiger partial charge in [0.25, 0.3) is 5.56 Å². The molecule has 0 saturated carbocycles. The van der Waals surface area contributed by atoms with Crippen LogP contribution in [-0.2, 0) is 11.2 Å². The molecule has 2 aromatic heterocycles. The number of halogens is 1. The van der Waals surface area contributed by atoms with E-state index in [1.54, 1.807) is 25.4 Å². The molecule has 0 N–H and O–H groups in total. The molecule has 0 spiro atoms. The molecule has 0 aliphatic heterocycles. The molecule has 0 aliphatic carbocycles. The van der Waals surface area contributed by atoms with Gasteiger partial charge in [0.15, 0.2) is 17.3 Å². The number of hydrogen-bond donors (Lipinski definition) is 0. The number of ether oxygens (including phenoxy) is 1. The molecule has 0 aliphatic rings. The average Bonchev–Trinajstić information content (AvgIpc) is 2.55. The molecule has 0 amide bonds. The third-order valence-corrected chi connectivity index (χ3v) is 3.62. The van der Waals surface area contributed by atoms with Crippen molar-refractivity contribution in [2.75, 3.05) is 7.11 Å². The highest BCUT2D eigenvalue weighted by Gasteiger charge is 2.13. The first-order valence-electron chi connectivity index (χ1n) is 6.60. The first-order valence-corrected chi connectivity index (χ1v) is 7.34. The molecule has 0 radical (unpaired) electrons. The maximum Gasteiger partial charge on any atom is 0.294 e. The van der Waals surface area contributed by atoms with Crippen LogP contribution < -0.4 is 10.3 Å². The van der Waals surface area contributed by atoms with Crippen molar-refractivity contribution >= 4 is 23.1 Å². The number of rotatable bonds is 4. The number of para-hydroxylation sites is 1. The van der Waals surface area contributed by atoms with Crippen LogP contribution in [0.4, 0.5) is 4.39 Å². The van der Waals surface area contributed by atoms with Crippen molar-refractivity contribution in [1.29, 1.82) is 0 Å². The Labute approximate surface area is 135 Å². The Balaban J connectivity index is 2.09. The fourth-order valence-corrected chi connectivity index (χ4v) is 2.40. The molecule has 1 aromatic carbocycles. The molecule has 118 valence electrons. The third kappa shape index (κ3) is 3.03. The molecule has 23 heavy (non-hydrogen) atoms. The summed E-state index contributed by atoms with van der Waals surface area (Å²) < 4.78 is 25.3. The van der Waals surface area contributed by atoms with Gasteiger partial charge in [0.05, 0.1) is 19.2 Å². The topological polar surface area (TPSA) is 66.2 Å². The molecule has 0 fully saturated rings. The molecular formula is C15H12FN3O3S. The van der Waals surface area contributed by atoms with E-state index in [1.807, 2.05) is 0 Å². The standard InChI is InChI=1S/C15H12FN3O3S/c1-19-13-9(8-17-15(18-13)23-21-2)7-12(14(19)20)22-11-6-4-3-5-10(11)16/h3-8H,1-2H3. The SMILES string of the molecule is COSc1ncc2cc(Oc3ccccc3F)c(=O)n(C)c2n1. The van der Waals surface area contributed by atoms with Crippen molar-refractivity contribution in [1.82, 2.24) is 14.5 Å². The number of benzene rings is 1. The summed E-state index contributed by atoms with van der Waals surface area (Å²) in [6.07, 6.45) is 1.55. The van der Waals surface area contributed by atoms with Gasteiger partial charge in [0, 0.05) is 18.6 Å². The zero-order valence-corrected chi connectivity index (χ0v) is 13.1. The lowest BCUT2D eigenvalue weighted by Crippen LogP contribution is -2.19. The number of fused-ring (bicyclic) bond motifs is 1. The Morgan fingerprint density at radius 1 is 1.26 bits per heavy atom.